The number of ether oxygens (including phenoxy) is 1. The number of carbonyl (C=O) groups excluding carboxylic acids is 1. The minimum Gasteiger partial charge on any atom is -0.496 e. The molecule has 0 atom stereocenters. The lowest BCUT2D eigenvalue weighted by Gasteiger charge is -2.32. The van der Waals surface area contributed by atoms with Gasteiger partial charge in [-0.1, -0.05) is 6.08 Å². The molecule has 0 unspecified atom stereocenters. The zero-order valence-corrected chi connectivity index (χ0v) is 15.8. The van der Waals surface area contributed by atoms with E-state index in [0.717, 1.165) is 11.0 Å². The molecule has 0 aromatic heterocycles. The van der Waals surface area contributed by atoms with Gasteiger partial charge in [0.1, 0.15) is 5.75 Å². The van der Waals surface area contributed by atoms with E-state index in [2.05, 4.69) is 5.32 Å². The van der Waals surface area contributed by atoms with Gasteiger partial charge in [-0.25, -0.2) is 0 Å². The Morgan fingerprint density at radius 1 is 1.28 bits per heavy atom. The Morgan fingerprint density at radius 3 is 2.40 bits per heavy atom. The molecule has 136 valence electrons. The number of hydrogen-bond acceptors (Lipinski definition) is 5. The monoisotopic (exact) mass is 346 g/mol. The fourth-order valence-corrected chi connectivity index (χ4v) is 2.47. The normalized spacial score (nSPS) is 19.0. The Balaban J connectivity index is 2.38. The highest BCUT2D eigenvalue weighted by Crippen LogP contribution is 2.39. The largest absolute Gasteiger partial charge is 0.496 e. The van der Waals surface area contributed by atoms with E-state index in [1.807, 2.05) is 39.8 Å². The Kier molecular flexibility index (Phi) is 5.49. The topological polar surface area (TPSA) is 82.8 Å². The van der Waals surface area contributed by atoms with Crippen molar-refractivity contribution in [1.82, 2.24) is 5.32 Å². The number of carbonyl (C=O) groups is 1. The van der Waals surface area contributed by atoms with Gasteiger partial charge in [-0.3, -0.25) is 4.79 Å². The van der Waals surface area contributed by atoms with Crippen molar-refractivity contribution in [3.8, 4) is 5.75 Å². The molecule has 25 heavy (non-hydrogen) atoms. The molecule has 1 aromatic carbocycles. The molecule has 6 nitrogen and oxygen atoms in total. The summed E-state index contributed by atoms with van der Waals surface area (Å²) in [6.45, 7) is 9.77. The molecule has 1 amide bonds. The summed E-state index contributed by atoms with van der Waals surface area (Å²) in [6, 6.07) is 5.42. The summed E-state index contributed by atoms with van der Waals surface area (Å²) in [7, 11) is 1.04. The van der Waals surface area contributed by atoms with E-state index in [1.165, 1.54) is 6.92 Å². The third kappa shape index (κ3) is 4.35. The lowest BCUT2D eigenvalue weighted by molar-refractivity contribution is -0.118. The SMILES string of the molecule is COc1cc(N)ccc1C=C(CNC(C)=O)B1OC(C)(C)C(C)(C)O1. The molecule has 3 N–H and O–H groups in total. The average Bonchev–Trinajstić information content (AvgIpc) is 2.72. The predicted octanol–water partition coefficient (Wildman–Crippen LogP) is 2.43. The second-order valence-electron chi connectivity index (χ2n) is 7.22. The van der Waals surface area contributed by atoms with Gasteiger partial charge in [-0.05, 0) is 45.3 Å². The van der Waals surface area contributed by atoms with Gasteiger partial charge in [-0.15, -0.1) is 0 Å². The van der Waals surface area contributed by atoms with Gasteiger partial charge < -0.3 is 25.1 Å². The lowest BCUT2D eigenvalue weighted by Crippen LogP contribution is -2.41. The van der Waals surface area contributed by atoms with Crippen LogP contribution in [-0.4, -0.2) is 37.9 Å². The molecule has 0 bridgehead atoms. The first-order valence-corrected chi connectivity index (χ1v) is 8.30. The van der Waals surface area contributed by atoms with Crippen LogP contribution in [0.4, 0.5) is 5.69 Å². The van der Waals surface area contributed by atoms with E-state index in [4.69, 9.17) is 19.8 Å². The van der Waals surface area contributed by atoms with E-state index in [9.17, 15) is 4.79 Å². The number of amides is 1. The number of nitrogens with one attached hydrogen (secondary N) is 1. The number of benzene rings is 1. The highest BCUT2D eigenvalue weighted by Gasteiger charge is 2.52. The molecule has 1 aromatic rings. The molecule has 1 heterocycles. The van der Waals surface area contributed by atoms with Crippen molar-refractivity contribution in [3.63, 3.8) is 0 Å². The fourth-order valence-electron chi connectivity index (χ4n) is 2.47. The van der Waals surface area contributed by atoms with Crippen molar-refractivity contribution < 1.29 is 18.8 Å². The van der Waals surface area contributed by atoms with Crippen molar-refractivity contribution in [2.45, 2.75) is 45.8 Å². The van der Waals surface area contributed by atoms with Crippen molar-refractivity contribution in [1.29, 1.82) is 0 Å². The Labute approximate surface area is 149 Å². The minimum absolute atomic E-state index is 0.119. The van der Waals surface area contributed by atoms with Crippen LogP contribution in [-0.2, 0) is 14.1 Å². The molecular formula is C18H27BN2O4. The van der Waals surface area contributed by atoms with Gasteiger partial charge in [0, 0.05) is 30.8 Å². The predicted molar refractivity (Wildman–Crippen MR) is 100 cm³/mol. The van der Waals surface area contributed by atoms with Crippen molar-refractivity contribution in [3.05, 3.63) is 29.2 Å². The Morgan fingerprint density at radius 2 is 1.88 bits per heavy atom. The fraction of sp³-hybridized carbons (Fsp3) is 0.500. The minimum atomic E-state index is -0.556. The quantitative estimate of drug-likeness (QED) is 0.632. The Hall–Kier alpha value is -1.99. The zero-order chi connectivity index (χ0) is 18.8. The van der Waals surface area contributed by atoms with E-state index in [0.29, 0.717) is 18.0 Å². The maximum absolute atomic E-state index is 11.4. The van der Waals surface area contributed by atoms with Crippen LogP contribution in [0.15, 0.2) is 23.7 Å². The second kappa shape index (κ2) is 7.10. The number of nitrogens with two attached hydrogens (primary N) is 1. The molecule has 0 saturated carbocycles. The van der Waals surface area contributed by atoms with Crippen LogP contribution in [0, 0.1) is 0 Å². The van der Waals surface area contributed by atoms with Crippen LogP contribution in [0.5, 0.6) is 5.75 Å². The molecule has 0 aliphatic carbocycles. The standard InChI is InChI=1S/C18H27BN2O4/c1-12(22)21-11-14(19-24-17(2,3)18(4,5)25-19)9-13-7-8-15(20)10-16(13)23-6/h7-10H,11,20H2,1-6H3,(H,21,22). The summed E-state index contributed by atoms with van der Waals surface area (Å²) in [6.07, 6.45) is 1.91. The molecule has 7 heteroatoms. The van der Waals surface area contributed by atoms with Crippen molar-refractivity contribution in [2.24, 2.45) is 0 Å². The smallest absolute Gasteiger partial charge is 0.492 e. The molecular weight excluding hydrogens is 319 g/mol. The van der Waals surface area contributed by atoms with Gasteiger partial charge in [-0.2, -0.15) is 0 Å². The van der Waals surface area contributed by atoms with E-state index in [1.54, 1.807) is 19.2 Å². The first kappa shape index (κ1) is 19.3. The number of nitrogen functional groups attached to an aromatic ring is 1. The molecule has 1 fully saturated rings. The van der Waals surface area contributed by atoms with Crippen LogP contribution in [0.3, 0.4) is 0 Å². The van der Waals surface area contributed by atoms with Gasteiger partial charge in [0.15, 0.2) is 0 Å². The summed E-state index contributed by atoms with van der Waals surface area (Å²) in [5, 5.41) is 2.81. The van der Waals surface area contributed by atoms with E-state index < -0.39 is 18.3 Å². The summed E-state index contributed by atoms with van der Waals surface area (Å²) < 4.78 is 17.6. The third-order valence-corrected chi connectivity index (χ3v) is 4.70. The van der Waals surface area contributed by atoms with Crippen LogP contribution in [0.2, 0.25) is 0 Å². The first-order valence-electron chi connectivity index (χ1n) is 8.30. The highest BCUT2D eigenvalue weighted by atomic mass is 16.7. The summed E-state index contributed by atoms with van der Waals surface area (Å²) >= 11 is 0. The van der Waals surface area contributed by atoms with E-state index in [-0.39, 0.29) is 5.91 Å². The van der Waals surface area contributed by atoms with Crippen LogP contribution >= 0.6 is 0 Å². The second-order valence-corrected chi connectivity index (χ2v) is 7.22. The van der Waals surface area contributed by atoms with Crippen molar-refractivity contribution >= 4 is 24.8 Å². The van der Waals surface area contributed by atoms with Gasteiger partial charge in [0.05, 0.1) is 18.3 Å². The molecule has 2 rings (SSSR count). The highest BCUT2D eigenvalue weighted by molar-refractivity contribution is 6.56. The van der Waals surface area contributed by atoms with Crippen LogP contribution in [0.25, 0.3) is 6.08 Å². The summed E-state index contributed by atoms with van der Waals surface area (Å²) in [5.41, 5.74) is 7.16. The molecule has 0 radical (unpaired) electrons. The van der Waals surface area contributed by atoms with Crippen molar-refractivity contribution in [2.75, 3.05) is 19.4 Å². The van der Waals surface area contributed by atoms with E-state index >= 15 is 0 Å². The maximum atomic E-state index is 11.4. The summed E-state index contributed by atoms with van der Waals surface area (Å²) in [4.78, 5) is 11.4. The first-order chi connectivity index (χ1) is 11.6. The summed E-state index contributed by atoms with van der Waals surface area (Å²) in [5.74, 6) is 0.531. The number of hydrogen-bond donors (Lipinski definition) is 2. The van der Waals surface area contributed by atoms with Gasteiger partial charge >= 0.3 is 7.12 Å². The molecule has 0 spiro atoms. The zero-order valence-electron chi connectivity index (χ0n) is 15.8. The Bertz CT molecular complexity index is 670. The lowest BCUT2D eigenvalue weighted by atomic mass is 9.77. The van der Waals surface area contributed by atoms with Gasteiger partial charge in [0.2, 0.25) is 5.91 Å². The van der Waals surface area contributed by atoms with Gasteiger partial charge in [0.25, 0.3) is 0 Å². The molecule has 1 aliphatic heterocycles. The molecule has 1 saturated heterocycles. The third-order valence-electron chi connectivity index (χ3n) is 4.70. The van der Waals surface area contributed by atoms with Crippen LogP contribution < -0.4 is 15.8 Å². The molecule has 1 aliphatic rings. The van der Waals surface area contributed by atoms with Crippen LogP contribution in [0.1, 0.15) is 40.2 Å². The maximum Gasteiger partial charge on any atom is 0.492 e. The number of anilines is 1. The number of methoxy groups -OCH3 is 1. The number of rotatable bonds is 5. The average molecular weight is 346 g/mol.